The standard InChI is InChI=1S/C9H19NO2/c1-3-5-10-6-9-12-8-4-7-11-2/h3,10H,1,4-9H2,2H3. The molecule has 0 saturated carbocycles. The molecule has 0 atom stereocenters. The number of hydrogen-bond acceptors (Lipinski definition) is 3. The van der Waals surface area contributed by atoms with Crippen LogP contribution < -0.4 is 5.32 Å². The van der Waals surface area contributed by atoms with E-state index in [1.165, 1.54) is 0 Å². The van der Waals surface area contributed by atoms with Gasteiger partial charge in [-0.2, -0.15) is 0 Å². The smallest absolute Gasteiger partial charge is 0.0591 e. The van der Waals surface area contributed by atoms with E-state index in [0.717, 1.165) is 39.3 Å². The average Bonchev–Trinajstić information content (AvgIpc) is 2.10. The first kappa shape index (κ1) is 11.6. The summed E-state index contributed by atoms with van der Waals surface area (Å²) in [7, 11) is 1.70. The molecule has 3 heteroatoms. The molecule has 0 aliphatic carbocycles. The van der Waals surface area contributed by atoms with Gasteiger partial charge in [0.15, 0.2) is 0 Å². The summed E-state index contributed by atoms with van der Waals surface area (Å²) >= 11 is 0. The predicted octanol–water partition coefficient (Wildman–Crippen LogP) is 0.815. The van der Waals surface area contributed by atoms with Crippen LogP contribution in [0, 0.1) is 0 Å². The second-order valence-corrected chi connectivity index (χ2v) is 2.45. The van der Waals surface area contributed by atoms with E-state index in [1.54, 1.807) is 7.11 Å². The quantitative estimate of drug-likeness (QED) is 0.413. The number of hydrogen-bond donors (Lipinski definition) is 1. The molecule has 3 nitrogen and oxygen atoms in total. The summed E-state index contributed by atoms with van der Waals surface area (Å²) in [4.78, 5) is 0. The Morgan fingerprint density at radius 3 is 2.83 bits per heavy atom. The van der Waals surface area contributed by atoms with Crippen molar-refractivity contribution < 1.29 is 9.47 Å². The van der Waals surface area contributed by atoms with Crippen LogP contribution in [0.2, 0.25) is 0 Å². The van der Waals surface area contributed by atoms with Crippen molar-refractivity contribution in [1.29, 1.82) is 0 Å². The van der Waals surface area contributed by atoms with Crippen molar-refractivity contribution in [3.63, 3.8) is 0 Å². The summed E-state index contributed by atoms with van der Waals surface area (Å²) in [6.07, 6.45) is 2.81. The van der Waals surface area contributed by atoms with Gasteiger partial charge in [-0.25, -0.2) is 0 Å². The lowest BCUT2D eigenvalue weighted by Gasteiger charge is -2.03. The highest BCUT2D eigenvalue weighted by Crippen LogP contribution is 1.82. The Bertz CT molecular complexity index is 96.5. The third kappa shape index (κ3) is 9.62. The van der Waals surface area contributed by atoms with E-state index < -0.39 is 0 Å². The number of ether oxygens (including phenoxy) is 2. The fourth-order valence-electron chi connectivity index (χ4n) is 0.756. The monoisotopic (exact) mass is 173 g/mol. The van der Waals surface area contributed by atoms with Crippen LogP contribution in [0.3, 0.4) is 0 Å². The first-order valence-electron chi connectivity index (χ1n) is 4.30. The van der Waals surface area contributed by atoms with Crippen LogP contribution in [-0.2, 0) is 9.47 Å². The highest BCUT2D eigenvalue weighted by molar-refractivity contribution is 4.68. The van der Waals surface area contributed by atoms with Gasteiger partial charge in [-0.15, -0.1) is 6.58 Å². The topological polar surface area (TPSA) is 30.5 Å². The summed E-state index contributed by atoms with van der Waals surface area (Å²) in [6.45, 7) is 7.66. The van der Waals surface area contributed by atoms with E-state index in [1.807, 2.05) is 6.08 Å². The molecule has 0 saturated heterocycles. The molecule has 0 radical (unpaired) electrons. The average molecular weight is 173 g/mol. The molecule has 0 rings (SSSR count). The molecule has 0 aromatic heterocycles. The second-order valence-electron chi connectivity index (χ2n) is 2.45. The lowest BCUT2D eigenvalue weighted by molar-refractivity contribution is 0.105. The summed E-state index contributed by atoms with van der Waals surface area (Å²) in [5.74, 6) is 0. The molecule has 12 heavy (non-hydrogen) atoms. The van der Waals surface area contributed by atoms with Crippen LogP contribution in [0.25, 0.3) is 0 Å². The Balaban J connectivity index is 2.77. The summed E-state index contributed by atoms with van der Waals surface area (Å²) in [6, 6.07) is 0. The van der Waals surface area contributed by atoms with E-state index >= 15 is 0 Å². The molecule has 0 bridgehead atoms. The molecule has 0 aliphatic heterocycles. The molecule has 1 N–H and O–H groups in total. The minimum atomic E-state index is 0.761. The maximum absolute atomic E-state index is 5.31. The molecular formula is C9H19NO2. The lowest BCUT2D eigenvalue weighted by atomic mass is 10.5. The van der Waals surface area contributed by atoms with Crippen molar-refractivity contribution in [1.82, 2.24) is 5.32 Å². The van der Waals surface area contributed by atoms with Crippen LogP contribution in [0.15, 0.2) is 12.7 Å². The molecule has 0 amide bonds. The normalized spacial score (nSPS) is 10.1. The fourth-order valence-corrected chi connectivity index (χ4v) is 0.756. The van der Waals surface area contributed by atoms with E-state index in [-0.39, 0.29) is 0 Å². The molecule has 0 fully saturated rings. The molecule has 0 heterocycles. The minimum Gasteiger partial charge on any atom is -0.385 e. The summed E-state index contributed by atoms with van der Waals surface area (Å²) in [5.41, 5.74) is 0. The maximum Gasteiger partial charge on any atom is 0.0591 e. The van der Waals surface area contributed by atoms with E-state index in [4.69, 9.17) is 9.47 Å². The minimum absolute atomic E-state index is 0.761. The first-order valence-corrected chi connectivity index (χ1v) is 4.30. The number of nitrogens with one attached hydrogen (secondary N) is 1. The van der Waals surface area contributed by atoms with E-state index in [2.05, 4.69) is 11.9 Å². The Kier molecular flexibility index (Phi) is 10.3. The van der Waals surface area contributed by atoms with Crippen molar-refractivity contribution in [3.8, 4) is 0 Å². The van der Waals surface area contributed by atoms with Gasteiger partial charge in [0.2, 0.25) is 0 Å². The number of rotatable bonds is 9. The zero-order valence-corrected chi connectivity index (χ0v) is 7.84. The van der Waals surface area contributed by atoms with Crippen molar-refractivity contribution in [2.24, 2.45) is 0 Å². The van der Waals surface area contributed by atoms with Crippen LogP contribution >= 0.6 is 0 Å². The fraction of sp³-hybridized carbons (Fsp3) is 0.778. The maximum atomic E-state index is 5.31. The molecule has 0 unspecified atom stereocenters. The van der Waals surface area contributed by atoms with Crippen molar-refractivity contribution >= 4 is 0 Å². The van der Waals surface area contributed by atoms with Gasteiger partial charge in [0.05, 0.1) is 6.61 Å². The molecular weight excluding hydrogens is 154 g/mol. The van der Waals surface area contributed by atoms with Gasteiger partial charge >= 0.3 is 0 Å². The van der Waals surface area contributed by atoms with Crippen LogP contribution in [-0.4, -0.2) is 40.0 Å². The SMILES string of the molecule is C=CCNCCOCCCOC. The van der Waals surface area contributed by atoms with Crippen LogP contribution in [0.4, 0.5) is 0 Å². The Morgan fingerprint density at radius 2 is 2.17 bits per heavy atom. The third-order valence-corrected chi connectivity index (χ3v) is 1.35. The predicted molar refractivity (Wildman–Crippen MR) is 50.4 cm³/mol. The molecule has 0 aromatic carbocycles. The first-order chi connectivity index (χ1) is 5.91. The molecule has 0 aromatic rings. The summed E-state index contributed by atoms with van der Waals surface area (Å²) < 4.78 is 10.2. The highest BCUT2D eigenvalue weighted by Gasteiger charge is 1.87. The van der Waals surface area contributed by atoms with Crippen molar-refractivity contribution in [3.05, 3.63) is 12.7 Å². The Labute approximate surface area is 74.7 Å². The van der Waals surface area contributed by atoms with Crippen molar-refractivity contribution in [2.75, 3.05) is 40.0 Å². The van der Waals surface area contributed by atoms with Gasteiger partial charge in [-0.3, -0.25) is 0 Å². The van der Waals surface area contributed by atoms with Crippen LogP contribution in [0.5, 0.6) is 0 Å². The Morgan fingerprint density at radius 1 is 1.33 bits per heavy atom. The zero-order chi connectivity index (χ0) is 9.07. The van der Waals surface area contributed by atoms with Gasteiger partial charge in [0.25, 0.3) is 0 Å². The van der Waals surface area contributed by atoms with Gasteiger partial charge in [-0.05, 0) is 6.42 Å². The lowest BCUT2D eigenvalue weighted by Crippen LogP contribution is -2.19. The van der Waals surface area contributed by atoms with Gasteiger partial charge < -0.3 is 14.8 Å². The van der Waals surface area contributed by atoms with Crippen molar-refractivity contribution in [2.45, 2.75) is 6.42 Å². The van der Waals surface area contributed by atoms with Gasteiger partial charge in [-0.1, -0.05) is 6.08 Å². The van der Waals surface area contributed by atoms with Gasteiger partial charge in [0, 0.05) is 33.4 Å². The zero-order valence-electron chi connectivity index (χ0n) is 7.84. The highest BCUT2D eigenvalue weighted by atomic mass is 16.5. The largest absolute Gasteiger partial charge is 0.385 e. The van der Waals surface area contributed by atoms with E-state index in [0.29, 0.717) is 0 Å². The van der Waals surface area contributed by atoms with Gasteiger partial charge in [0.1, 0.15) is 0 Å². The third-order valence-electron chi connectivity index (χ3n) is 1.35. The number of methoxy groups -OCH3 is 1. The molecule has 72 valence electrons. The molecule has 0 spiro atoms. The summed E-state index contributed by atoms with van der Waals surface area (Å²) in [5, 5.41) is 3.15. The van der Waals surface area contributed by atoms with Crippen LogP contribution in [0.1, 0.15) is 6.42 Å². The van der Waals surface area contributed by atoms with E-state index in [9.17, 15) is 0 Å². The Hall–Kier alpha value is -0.380. The molecule has 0 aliphatic rings. The second kappa shape index (κ2) is 10.6.